The van der Waals surface area contributed by atoms with E-state index in [4.69, 9.17) is 0 Å². The lowest BCUT2D eigenvalue weighted by molar-refractivity contribution is -0.275. The number of amides is 1. The van der Waals surface area contributed by atoms with Crippen LogP contribution in [0.25, 0.3) is 0 Å². The Bertz CT molecular complexity index is 473. The van der Waals surface area contributed by atoms with Crippen molar-refractivity contribution in [2.45, 2.75) is 38.7 Å². The predicted molar refractivity (Wildman–Crippen MR) is 62.4 cm³/mol. The van der Waals surface area contributed by atoms with E-state index in [0.717, 1.165) is 6.42 Å². The molecule has 1 unspecified atom stereocenters. The van der Waals surface area contributed by atoms with Crippen LogP contribution < -0.4 is 4.74 Å². The van der Waals surface area contributed by atoms with Crippen molar-refractivity contribution in [2.24, 2.45) is 0 Å². The zero-order chi connectivity index (χ0) is 14.0. The largest absolute Gasteiger partial charge is 0.573 e. The van der Waals surface area contributed by atoms with Crippen LogP contribution in [0.15, 0.2) is 24.3 Å². The third-order valence-corrected chi connectivity index (χ3v) is 3.17. The fourth-order valence-corrected chi connectivity index (χ4v) is 2.16. The lowest BCUT2D eigenvalue weighted by Gasteiger charge is -2.23. The van der Waals surface area contributed by atoms with Gasteiger partial charge in [-0.05, 0) is 19.4 Å². The molecule has 19 heavy (non-hydrogen) atoms. The van der Waals surface area contributed by atoms with E-state index in [9.17, 15) is 18.0 Å². The average Bonchev–Trinajstić information content (AvgIpc) is 2.61. The van der Waals surface area contributed by atoms with Gasteiger partial charge in [-0.3, -0.25) is 4.79 Å². The van der Waals surface area contributed by atoms with Gasteiger partial charge < -0.3 is 9.64 Å². The summed E-state index contributed by atoms with van der Waals surface area (Å²) < 4.78 is 40.8. The van der Waals surface area contributed by atoms with Crippen LogP contribution in [-0.4, -0.2) is 23.2 Å². The number of nitrogens with zero attached hydrogens (tertiary/aromatic N) is 1. The minimum absolute atomic E-state index is 0.0330. The fraction of sp³-hybridized carbons (Fsp3) is 0.462. The molecule has 104 valence electrons. The topological polar surface area (TPSA) is 29.5 Å². The molecule has 0 bridgehead atoms. The molecule has 6 heteroatoms. The smallest absolute Gasteiger partial charge is 0.405 e. The van der Waals surface area contributed by atoms with Crippen LogP contribution >= 0.6 is 0 Å². The fourth-order valence-electron chi connectivity index (χ4n) is 2.16. The first-order valence-corrected chi connectivity index (χ1v) is 6.00. The molecular formula is C13H14F3NO2. The molecule has 0 aromatic heterocycles. The SMILES string of the molecule is CC1CCC(=O)N1Cc1ccccc1OC(F)(F)F. The van der Waals surface area contributed by atoms with Gasteiger partial charge >= 0.3 is 6.36 Å². The first-order chi connectivity index (χ1) is 8.87. The van der Waals surface area contributed by atoms with Gasteiger partial charge in [0.05, 0.1) is 0 Å². The summed E-state index contributed by atoms with van der Waals surface area (Å²) in [6.07, 6.45) is -3.54. The molecule has 1 aliphatic heterocycles. The van der Waals surface area contributed by atoms with Gasteiger partial charge in [0.15, 0.2) is 0 Å². The molecule has 2 rings (SSSR count). The predicted octanol–water partition coefficient (Wildman–Crippen LogP) is 3.10. The maximum atomic E-state index is 12.3. The number of carbonyl (C=O) groups is 1. The van der Waals surface area contributed by atoms with E-state index in [1.807, 2.05) is 6.92 Å². The summed E-state index contributed by atoms with van der Waals surface area (Å²) in [5, 5.41) is 0. The van der Waals surface area contributed by atoms with Crippen molar-refractivity contribution < 1.29 is 22.7 Å². The number of halogens is 3. The molecule has 1 aliphatic rings. The number of hydrogen-bond acceptors (Lipinski definition) is 2. The maximum absolute atomic E-state index is 12.3. The number of ether oxygens (including phenoxy) is 1. The molecule has 1 aromatic rings. The van der Waals surface area contributed by atoms with E-state index in [1.165, 1.54) is 12.1 Å². The summed E-state index contributed by atoms with van der Waals surface area (Å²) in [5.74, 6) is -0.281. The molecular weight excluding hydrogens is 259 g/mol. The minimum Gasteiger partial charge on any atom is -0.405 e. The maximum Gasteiger partial charge on any atom is 0.573 e. The summed E-state index contributed by atoms with van der Waals surface area (Å²) in [6.45, 7) is 2.03. The lowest BCUT2D eigenvalue weighted by Crippen LogP contribution is -2.30. The Kier molecular flexibility index (Phi) is 3.68. The van der Waals surface area contributed by atoms with Crippen LogP contribution in [-0.2, 0) is 11.3 Å². The molecule has 0 aliphatic carbocycles. The third kappa shape index (κ3) is 3.39. The number of para-hydroxylation sites is 1. The highest BCUT2D eigenvalue weighted by Crippen LogP contribution is 2.29. The van der Waals surface area contributed by atoms with Crippen molar-refractivity contribution in [2.75, 3.05) is 0 Å². The first kappa shape index (κ1) is 13.7. The Labute approximate surface area is 109 Å². The second kappa shape index (κ2) is 5.11. The van der Waals surface area contributed by atoms with Gasteiger partial charge in [0.2, 0.25) is 5.91 Å². The van der Waals surface area contributed by atoms with E-state index in [1.54, 1.807) is 17.0 Å². The van der Waals surface area contributed by atoms with Gasteiger partial charge in [-0.1, -0.05) is 18.2 Å². The molecule has 0 radical (unpaired) electrons. The van der Waals surface area contributed by atoms with Gasteiger partial charge in [-0.2, -0.15) is 0 Å². The quantitative estimate of drug-likeness (QED) is 0.847. The van der Waals surface area contributed by atoms with E-state index < -0.39 is 6.36 Å². The zero-order valence-electron chi connectivity index (χ0n) is 10.4. The summed E-state index contributed by atoms with van der Waals surface area (Å²) in [7, 11) is 0. The number of rotatable bonds is 3. The first-order valence-electron chi connectivity index (χ1n) is 6.00. The Hall–Kier alpha value is -1.72. The Morgan fingerprint density at radius 3 is 2.63 bits per heavy atom. The number of benzene rings is 1. The van der Waals surface area contributed by atoms with Crippen molar-refractivity contribution in [3.05, 3.63) is 29.8 Å². The monoisotopic (exact) mass is 273 g/mol. The highest BCUT2D eigenvalue weighted by atomic mass is 19.4. The molecule has 1 fully saturated rings. The molecule has 3 nitrogen and oxygen atoms in total. The van der Waals surface area contributed by atoms with Crippen LogP contribution in [0.5, 0.6) is 5.75 Å². The molecule has 0 spiro atoms. The second-order valence-electron chi connectivity index (χ2n) is 4.56. The zero-order valence-corrected chi connectivity index (χ0v) is 10.4. The van der Waals surface area contributed by atoms with Crippen molar-refractivity contribution in [1.29, 1.82) is 0 Å². The van der Waals surface area contributed by atoms with Crippen LogP contribution in [0.1, 0.15) is 25.3 Å². The van der Waals surface area contributed by atoms with Gasteiger partial charge in [0.1, 0.15) is 5.75 Å². The van der Waals surface area contributed by atoms with E-state index in [0.29, 0.717) is 12.0 Å². The van der Waals surface area contributed by atoms with Crippen molar-refractivity contribution in [3.8, 4) is 5.75 Å². The van der Waals surface area contributed by atoms with Crippen LogP contribution in [0.3, 0.4) is 0 Å². The lowest BCUT2D eigenvalue weighted by atomic mass is 10.1. The minimum atomic E-state index is -4.73. The van der Waals surface area contributed by atoms with E-state index in [-0.39, 0.29) is 24.2 Å². The number of carbonyl (C=O) groups excluding carboxylic acids is 1. The number of likely N-dealkylation sites (tertiary alicyclic amines) is 1. The second-order valence-corrected chi connectivity index (χ2v) is 4.56. The molecule has 1 atom stereocenters. The van der Waals surface area contributed by atoms with Crippen molar-refractivity contribution in [1.82, 2.24) is 4.90 Å². The summed E-state index contributed by atoms with van der Waals surface area (Å²) in [4.78, 5) is 13.2. The van der Waals surface area contributed by atoms with Crippen molar-refractivity contribution in [3.63, 3.8) is 0 Å². The van der Waals surface area contributed by atoms with Gasteiger partial charge in [0, 0.05) is 24.6 Å². The average molecular weight is 273 g/mol. The van der Waals surface area contributed by atoms with Crippen molar-refractivity contribution >= 4 is 5.91 Å². The molecule has 0 N–H and O–H groups in total. The molecule has 1 heterocycles. The normalized spacial score (nSPS) is 19.9. The van der Waals surface area contributed by atoms with E-state index in [2.05, 4.69) is 4.74 Å². The van der Waals surface area contributed by atoms with Gasteiger partial charge in [-0.15, -0.1) is 13.2 Å². The van der Waals surface area contributed by atoms with Gasteiger partial charge in [-0.25, -0.2) is 0 Å². The van der Waals surface area contributed by atoms with Gasteiger partial charge in [0.25, 0.3) is 0 Å². The number of hydrogen-bond donors (Lipinski definition) is 0. The molecule has 1 saturated heterocycles. The Balaban J connectivity index is 2.18. The molecule has 0 saturated carbocycles. The van der Waals surface area contributed by atoms with E-state index >= 15 is 0 Å². The summed E-state index contributed by atoms with van der Waals surface area (Å²) in [5.41, 5.74) is 0.363. The number of alkyl halides is 3. The highest BCUT2D eigenvalue weighted by molar-refractivity contribution is 5.78. The summed E-state index contributed by atoms with van der Waals surface area (Å²) in [6, 6.07) is 5.95. The molecule has 1 aromatic carbocycles. The standard InChI is InChI=1S/C13H14F3NO2/c1-9-6-7-12(18)17(9)8-10-4-2-3-5-11(10)19-13(14,15)16/h2-5,9H,6-8H2,1H3. The third-order valence-electron chi connectivity index (χ3n) is 3.17. The highest BCUT2D eigenvalue weighted by Gasteiger charge is 2.33. The summed E-state index contributed by atoms with van der Waals surface area (Å²) >= 11 is 0. The van der Waals surface area contributed by atoms with Crippen LogP contribution in [0, 0.1) is 0 Å². The Morgan fingerprint density at radius 2 is 2.05 bits per heavy atom. The van der Waals surface area contributed by atoms with Crippen LogP contribution in [0.4, 0.5) is 13.2 Å². The molecule has 1 amide bonds. The Morgan fingerprint density at radius 1 is 1.37 bits per heavy atom. The van der Waals surface area contributed by atoms with Crippen LogP contribution in [0.2, 0.25) is 0 Å².